The van der Waals surface area contributed by atoms with E-state index in [1.165, 1.54) is 8.61 Å². The Labute approximate surface area is 163 Å². The SMILES string of the molecule is CN1CCCN(c2ccc(C(=O)Nc3ccc4cccnc4c3)cc2)S1(=O)=O. The van der Waals surface area contributed by atoms with E-state index < -0.39 is 10.2 Å². The Morgan fingerprint density at radius 1 is 1.07 bits per heavy atom. The number of nitrogens with one attached hydrogen (secondary N) is 1. The number of amides is 1. The van der Waals surface area contributed by atoms with E-state index in [9.17, 15) is 13.2 Å². The molecule has 0 bridgehead atoms. The minimum atomic E-state index is -3.50. The Hall–Kier alpha value is -2.97. The van der Waals surface area contributed by atoms with Crippen molar-refractivity contribution in [3.8, 4) is 0 Å². The van der Waals surface area contributed by atoms with E-state index in [1.807, 2.05) is 30.3 Å². The third-order valence-corrected chi connectivity index (χ3v) is 6.71. The molecule has 8 heteroatoms. The molecule has 1 N–H and O–H groups in total. The molecule has 4 rings (SSSR count). The van der Waals surface area contributed by atoms with Crippen molar-refractivity contribution in [3.05, 3.63) is 66.4 Å². The van der Waals surface area contributed by atoms with E-state index in [0.29, 0.717) is 30.0 Å². The predicted octanol–water partition coefficient (Wildman–Crippen LogP) is 2.87. The first-order valence-electron chi connectivity index (χ1n) is 8.95. The molecule has 0 unspecified atom stereocenters. The molecule has 0 radical (unpaired) electrons. The van der Waals surface area contributed by atoms with Crippen molar-refractivity contribution in [3.63, 3.8) is 0 Å². The van der Waals surface area contributed by atoms with Crippen LogP contribution in [0.1, 0.15) is 16.8 Å². The monoisotopic (exact) mass is 396 g/mol. The summed E-state index contributed by atoms with van der Waals surface area (Å²) in [4.78, 5) is 16.8. The molecule has 2 heterocycles. The first-order chi connectivity index (χ1) is 13.4. The summed E-state index contributed by atoms with van der Waals surface area (Å²) in [5.74, 6) is -0.263. The van der Waals surface area contributed by atoms with E-state index in [1.54, 1.807) is 37.5 Å². The highest BCUT2D eigenvalue weighted by molar-refractivity contribution is 7.90. The van der Waals surface area contributed by atoms with Gasteiger partial charge in [-0.2, -0.15) is 12.7 Å². The molecule has 28 heavy (non-hydrogen) atoms. The molecule has 1 aliphatic rings. The first kappa shape index (κ1) is 18.4. The fourth-order valence-electron chi connectivity index (χ4n) is 3.22. The number of benzene rings is 2. The van der Waals surface area contributed by atoms with Gasteiger partial charge in [0.25, 0.3) is 5.91 Å². The molecule has 0 aliphatic carbocycles. The lowest BCUT2D eigenvalue weighted by molar-refractivity contribution is 0.102. The molecular weight excluding hydrogens is 376 g/mol. The largest absolute Gasteiger partial charge is 0.322 e. The van der Waals surface area contributed by atoms with Crippen molar-refractivity contribution in [2.75, 3.05) is 29.8 Å². The van der Waals surface area contributed by atoms with Gasteiger partial charge in [0.1, 0.15) is 0 Å². The summed E-state index contributed by atoms with van der Waals surface area (Å²) in [7, 11) is -1.93. The smallest absolute Gasteiger partial charge is 0.303 e. The van der Waals surface area contributed by atoms with Crippen LogP contribution in [0, 0.1) is 0 Å². The molecule has 3 aromatic rings. The van der Waals surface area contributed by atoms with Crippen molar-refractivity contribution in [2.45, 2.75) is 6.42 Å². The molecule has 7 nitrogen and oxygen atoms in total. The number of hydrogen-bond acceptors (Lipinski definition) is 4. The number of hydrogen-bond donors (Lipinski definition) is 1. The number of pyridine rings is 1. The van der Waals surface area contributed by atoms with Crippen LogP contribution < -0.4 is 9.62 Å². The van der Waals surface area contributed by atoms with E-state index in [0.717, 1.165) is 17.3 Å². The van der Waals surface area contributed by atoms with Gasteiger partial charge in [-0.25, -0.2) is 0 Å². The van der Waals surface area contributed by atoms with Gasteiger partial charge in [0.2, 0.25) is 0 Å². The lowest BCUT2D eigenvalue weighted by atomic mass is 10.1. The molecule has 0 atom stereocenters. The summed E-state index contributed by atoms with van der Waals surface area (Å²) in [5, 5.41) is 3.85. The number of anilines is 2. The van der Waals surface area contributed by atoms with Crippen LogP contribution in [0.4, 0.5) is 11.4 Å². The molecule has 144 valence electrons. The van der Waals surface area contributed by atoms with Gasteiger partial charge >= 0.3 is 10.2 Å². The van der Waals surface area contributed by atoms with Crippen LogP contribution >= 0.6 is 0 Å². The van der Waals surface area contributed by atoms with Crippen LogP contribution in [0.3, 0.4) is 0 Å². The molecule has 1 saturated heterocycles. The summed E-state index contributed by atoms with van der Waals surface area (Å²) in [6.45, 7) is 0.947. The fraction of sp³-hybridized carbons (Fsp3) is 0.200. The van der Waals surface area contributed by atoms with E-state index in [2.05, 4.69) is 10.3 Å². The molecule has 1 fully saturated rings. The molecule has 2 aromatic carbocycles. The van der Waals surface area contributed by atoms with Crippen LogP contribution in [-0.4, -0.2) is 43.8 Å². The maximum Gasteiger partial charge on any atom is 0.303 e. The van der Waals surface area contributed by atoms with Crippen LogP contribution in [0.5, 0.6) is 0 Å². The van der Waals surface area contributed by atoms with Gasteiger partial charge in [-0.15, -0.1) is 0 Å². The molecule has 0 spiro atoms. The normalized spacial score (nSPS) is 16.8. The highest BCUT2D eigenvalue weighted by Crippen LogP contribution is 2.24. The Bertz CT molecular complexity index is 1130. The average molecular weight is 396 g/mol. The molecule has 1 amide bonds. The maximum absolute atomic E-state index is 12.5. The van der Waals surface area contributed by atoms with Gasteiger partial charge in [-0.05, 0) is 48.9 Å². The second kappa shape index (κ2) is 7.21. The summed E-state index contributed by atoms with van der Waals surface area (Å²) in [6, 6.07) is 16.0. The lowest BCUT2D eigenvalue weighted by Gasteiger charge is -2.33. The van der Waals surface area contributed by atoms with Crippen molar-refractivity contribution < 1.29 is 13.2 Å². The van der Waals surface area contributed by atoms with E-state index >= 15 is 0 Å². The third-order valence-electron chi connectivity index (χ3n) is 4.79. The number of nitrogens with zero attached hydrogens (tertiary/aromatic N) is 3. The minimum absolute atomic E-state index is 0.263. The van der Waals surface area contributed by atoms with Crippen molar-refractivity contribution >= 4 is 38.4 Å². The van der Waals surface area contributed by atoms with Gasteiger partial charge < -0.3 is 5.32 Å². The Kier molecular flexibility index (Phi) is 4.74. The zero-order valence-electron chi connectivity index (χ0n) is 15.4. The zero-order valence-corrected chi connectivity index (χ0v) is 16.2. The molecule has 0 saturated carbocycles. The van der Waals surface area contributed by atoms with Crippen molar-refractivity contribution in [2.24, 2.45) is 0 Å². The van der Waals surface area contributed by atoms with Gasteiger partial charge in [0, 0.05) is 43.0 Å². The number of carbonyl (C=O) groups is 1. The summed E-state index contributed by atoms with van der Waals surface area (Å²) in [5.41, 5.74) is 2.46. The maximum atomic E-state index is 12.5. The molecular formula is C20H20N4O3S. The first-order valence-corrected chi connectivity index (χ1v) is 10.3. The van der Waals surface area contributed by atoms with Crippen LogP contribution in [0.15, 0.2) is 60.8 Å². The standard InChI is InChI=1S/C20H20N4O3S/c1-23-12-3-13-24(28(23,26)27)18-9-6-16(7-10-18)20(25)22-17-8-5-15-4-2-11-21-19(15)14-17/h2,4-11,14H,3,12-13H2,1H3,(H,22,25). The molecule has 1 aromatic heterocycles. The minimum Gasteiger partial charge on any atom is -0.322 e. The summed E-state index contributed by atoms with van der Waals surface area (Å²) >= 11 is 0. The number of aromatic nitrogens is 1. The van der Waals surface area contributed by atoms with Crippen LogP contribution in [-0.2, 0) is 10.2 Å². The zero-order chi connectivity index (χ0) is 19.7. The third kappa shape index (κ3) is 3.44. The Balaban J connectivity index is 1.52. The van der Waals surface area contributed by atoms with E-state index in [4.69, 9.17) is 0 Å². The summed E-state index contributed by atoms with van der Waals surface area (Å²) < 4.78 is 27.6. The second-order valence-corrected chi connectivity index (χ2v) is 8.63. The topological polar surface area (TPSA) is 82.6 Å². The van der Waals surface area contributed by atoms with Gasteiger partial charge in [0.05, 0.1) is 11.2 Å². The Morgan fingerprint density at radius 3 is 2.64 bits per heavy atom. The van der Waals surface area contributed by atoms with Gasteiger partial charge in [-0.1, -0.05) is 12.1 Å². The van der Waals surface area contributed by atoms with Gasteiger partial charge in [-0.3, -0.25) is 14.1 Å². The van der Waals surface area contributed by atoms with Crippen LogP contribution in [0.25, 0.3) is 10.9 Å². The highest BCUT2D eigenvalue weighted by Gasteiger charge is 2.30. The summed E-state index contributed by atoms with van der Waals surface area (Å²) in [6.07, 6.45) is 2.46. The fourth-order valence-corrected chi connectivity index (χ4v) is 4.67. The van der Waals surface area contributed by atoms with Crippen LogP contribution in [0.2, 0.25) is 0 Å². The quantitative estimate of drug-likeness (QED) is 0.738. The predicted molar refractivity (Wildman–Crippen MR) is 110 cm³/mol. The van der Waals surface area contributed by atoms with Gasteiger partial charge in [0.15, 0.2) is 0 Å². The Morgan fingerprint density at radius 2 is 1.86 bits per heavy atom. The number of fused-ring (bicyclic) bond motifs is 1. The van der Waals surface area contributed by atoms with Crippen molar-refractivity contribution in [1.82, 2.24) is 9.29 Å². The molecule has 1 aliphatic heterocycles. The highest BCUT2D eigenvalue weighted by atomic mass is 32.2. The number of rotatable bonds is 3. The van der Waals surface area contributed by atoms with E-state index in [-0.39, 0.29) is 5.91 Å². The van der Waals surface area contributed by atoms with Crippen molar-refractivity contribution in [1.29, 1.82) is 0 Å². The average Bonchev–Trinajstić information content (AvgIpc) is 2.70. The lowest BCUT2D eigenvalue weighted by Crippen LogP contribution is -2.47. The number of carbonyl (C=O) groups excluding carboxylic acids is 1. The second-order valence-electron chi connectivity index (χ2n) is 6.67.